The predicted molar refractivity (Wildman–Crippen MR) is 110 cm³/mol. The van der Waals surface area contributed by atoms with Gasteiger partial charge in [-0.3, -0.25) is 4.79 Å². The van der Waals surface area contributed by atoms with Gasteiger partial charge in [0.15, 0.2) is 0 Å². The third kappa shape index (κ3) is 4.50. The molecule has 1 aliphatic heterocycles. The second-order valence-corrected chi connectivity index (χ2v) is 9.39. The maximum atomic E-state index is 13.0. The second-order valence-electron chi connectivity index (χ2n) is 6.66. The Bertz CT molecular complexity index is 987. The first-order valence-electron chi connectivity index (χ1n) is 8.69. The summed E-state index contributed by atoms with van der Waals surface area (Å²) in [5, 5.41) is 3.19. The predicted octanol–water partition coefficient (Wildman–Crippen LogP) is 4.04. The largest absolute Gasteiger partial charge is 0.373 e. The molecule has 28 heavy (non-hydrogen) atoms. The molecule has 0 bridgehead atoms. The van der Waals surface area contributed by atoms with Crippen LogP contribution in [0.15, 0.2) is 47.4 Å². The molecule has 2 aromatic rings. The molecule has 1 N–H and O–H groups in total. The Kier molecular flexibility index (Phi) is 6.31. The van der Waals surface area contributed by atoms with Crippen molar-refractivity contribution in [2.45, 2.75) is 31.0 Å². The van der Waals surface area contributed by atoms with Gasteiger partial charge in [0.25, 0.3) is 5.91 Å². The molecule has 6 nitrogen and oxygen atoms in total. The van der Waals surface area contributed by atoms with Crippen LogP contribution in [0.1, 0.15) is 24.2 Å². The standard InChI is InChI=1S/C19H20Cl2N2O4S/c1-12-10-23(11-13(2)27-12)28(25,26)15-6-3-5-14(9-15)19(24)22-17-8-4-7-16(20)18(17)21/h3-9,12-13H,10-11H2,1-2H3,(H,22,24). The van der Waals surface area contributed by atoms with E-state index < -0.39 is 15.9 Å². The fraction of sp³-hybridized carbons (Fsp3) is 0.316. The number of nitrogens with one attached hydrogen (secondary N) is 1. The molecule has 2 atom stereocenters. The van der Waals surface area contributed by atoms with Crippen molar-refractivity contribution in [2.24, 2.45) is 0 Å². The number of carbonyl (C=O) groups excluding carboxylic acids is 1. The Morgan fingerprint density at radius 3 is 2.43 bits per heavy atom. The molecule has 0 saturated carbocycles. The zero-order valence-electron chi connectivity index (χ0n) is 15.4. The Hall–Kier alpha value is -1.64. The van der Waals surface area contributed by atoms with Gasteiger partial charge in [-0.05, 0) is 44.2 Å². The Morgan fingerprint density at radius 2 is 1.75 bits per heavy atom. The quantitative estimate of drug-likeness (QED) is 0.774. The lowest BCUT2D eigenvalue weighted by Crippen LogP contribution is -2.48. The number of morpholine rings is 1. The van der Waals surface area contributed by atoms with Crippen LogP contribution in [0, 0.1) is 0 Å². The Balaban J connectivity index is 1.85. The molecule has 1 aliphatic rings. The lowest BCUT2D eigenvalue weighted by Gasteiger charge is -2.34. The number of hydrogen-bond donors (Lipinski definition) is 1. The monoisotopic (exact) mass is 442 g/mol. The number of ether oxygens (including phenoxy) is 1. The van der Waals surface area contributed by atoms with Gasteiger partial charge in [-0.15, -0.1) is 0 Å². The van der Waals surface area contributed by atoms with Crippen molar-refractivity contribution in [3.8, 4) is 0 Å². The van der Waals surface area contributed by atoms with Crippen LogP contribution in [-0.4, -0.2) is 43.9 Å². The van der Waals surface area contributed by atoms with E-state index in [4.69, 9.17) is 27.9 Å². The summed E-state index contributed by atoms with van der Waals surface area (Å²) in [5.74, 6) is -0.482. The lowest BCUT2D eigenvalue weighted by molar-refractivity contribution is -0.0440. The van der Waals surface area contributed by atoms with Crippen LogP contribution in [0.5, 0.6) is 0 Å². The van der Waals surface area contributed by atoms with Crippen molar-refractivity contribution in [2.75, 3.05) is 18.4 Å². The van der Waals surface area contributed by atoms with E-state index in [1.807, 2.05) is 13.8 Å². The van der Waals surface area contributed by atoms with Gasteiger partial charge in [0.2, 0.25) is 10.0 Å². The van der Waals surface area contributed by atoms with Crippen molar-refractivity contribution in [3.05, 3.63) is 58.1 Å². The van der Waals surface area contributed by atoms with E-state index in [-0.39, 0.29) is 40.8 Å². The molecule has 0 radical (unpaired) electrons. The van der Waals surface area contributed by atoms with Crippen LogP contribution in [-0.2, 0) is 14.8 Å². The number of hydrogen-bond acceptors (Lipinski definition) is 4. The average Bonchev–Trinajstić information content (AvgIpc) is 2.64. The van der Waals surface area contributed by atoms with Crippen molar-refractivity contribution in [3.63, 3.8) is 0 Å². The lowest BCUT2D eigenvalue weighted by atomic mass is 10.2. The molecular formula is C19H20Cl2N2O4S. The number of carbonyl (C=O) groups is 1. The molecule has 2 unspecified atom stereocenters. The molecule has 0 aliphatic carbocycles. The summed E-state index contributed by atoms with van der Waals surface area (Å²) in [6.07, 6.45) is -0.398. The summed E-state index contributed by atoms with van der Waals surface area (Å²) in [6.45, 7) is 4.19. The van der Waals surface area contributed by atoms with Gasteiger partial charge in [-0.25, -0.2) is 8.42 Å². The van der Waals surface area contributed by atoms with Crippen LogP contribution in [0.4, 0.5) is 5.69 Å². The van der Waals surface area contributed by atoms with Gasteiger partial charge in [0, 0.05) is 18.7 Å². The third-order valence-corrected chi connectivity index (χ3v) is 6.97. The molecule has 1 amide bonds. The Labute approximate surface area is 174 Å². The van der Waals surface area contributed by atoms with Gasteiger partial charge in [0.1, 0.15) is 0 Å². The average molecular weight is 443 g/mol. The zero-order chi connectivity index (χ0) is 20.5. The van der Waals surface area contributed by atoms with E-state index in [1.165, 1.54) is 28.6 Å². The first-order valence-corrected chi connectivity index (χ1v) is 10.9. The minimum atomic E-state index is -3.75. The summed E-state index contributed by atoms with van der Waals surface area (Å²) in [4.78, 5) is 12.7. The molecule has 1 fully saturated rings. The highest BCUT2D eigenvalue weighted by Crippen LogP contribution is 2.30. The van der Waals surface area contributed by atoms with E-state index in [2.05, 4.69) is 5.32 Å². The van der Waals surface area contributed by atoms with Crippen LogP contribution in [0.3, 0.4) is 0 Å². The van der Waals surface area contributed by atoms with Crippen molar-refractivity contribution in [1.82, 2.24) is 4.31 Å². The SMILES string of the molecule is CC1CN(S(=O)(=O)c2cccc(C(=O)Nc3cccc(Cl)c3Cl)c2)CC(C)O1. The highest BCUT2D eigenvalue weighted by atomic mass is 35.5. The minimum absolute atomic E-state index is 0.0543. The third-order valence-electron chi connectivity index (χ3n) is 4.32. The van der Waals surface area contributed by atoms with Crippen LogP contribution in [0.2, 0.25) is 10.0 Å². The van der Waals surface area contributed by atoms with Gasteiger partial charge in [-0.1, -0.05) is 35.3 Å². The topological polar surface area (TPSA) is 75.7 Å². The number of nitrogens with zero attached hydrogens (tertiary/aromatic N) is 1. The zero-order valence-corrected chi connectivity index (χ0v) is 17.7. The number of sulfonamides is 1. The number of rotatable bonds is 4. The van der Waals surface area contributed by atoms with E-state index in [1.54, 1.807) is 18.2 Å². The van der Waals surface area contributed by atoms with Crippen LogP contribution >= 0.6 is 23.2 Å². The number of anilines is 1. The van der Waals surface area contributed by atoms with Gasteiger partial charge in [0.05, 0.1) is 32.8 Å². The number of halogens is 2. The van der Waals surface area contributed by atoms with E-state index in [0.717, 1.165) is 0 Å². The fourth-order valence-electron chi connectivity index (χ4n) is 3.07. The highest BCUT2D eigenvalue weighted by molar-refractivity contribution is 7.89. The smallest absolute Gasteiger partial charge is 0.255 e. The first kappa shape index (κ1) is 21.1. The summed E-state index contributed by atoms with van der Waals surface area (Å²) >= 11 is 12.1. The molecule has 2 aromatic carbocycles. The van der Waals surface area contributed by atoms with Crippen LogP contribution in [0.25, 0.3) is 0 Å². The summed E-state index contributed by atoms with van der Waals surface area (Å²) in [6, 6.07) is 10.8. The van der Waals surface area contributed by atoms with E-state index >= 15 is 0 Å². The normalized spacial score (nSPS) is 20.7. The number of amides is 1. The molecule has 0 aromatic heterocycles. The van der Waals surface area contributed by atoms with Crippen molar-refractivity contribution >= 4 is 44.8 Å². The molecule has 1 heterocycles. The van der Waals surface area contributed by atoms with Crippen molar-refractivity contribution < 1.29 is 17.9 Å². The molecular weight excluding hydrogens is 423 g/mol. The minimum Gasteiger partial charge on any atom is -0.373 e. The summed E-state index contributed by atoms with van der Waals surface area (Å²) in [5.41, 5.74) is 0.551. The molecule has 3 rings (SSSR count). The molecule has 9 heteroatoms. The van der Waals surface area contributed by atoms with Crippen LogP contribution < -0.4 is 5.32 Å². The fourth-order valence-corrected chi connectivity index (χ4v) is 5.05. The van der Waals surface area contributed by atoms with E-state index in [0.29, 0.717) is 10.7 Å². The maximum Gasteiger partial charge on any atom is 0.255 e. The summed E-state index contributed by atoms with van der Waals surface area (Å²) in [7, 11) is -3.75. The maximum absolute atomic E-state index is 13.0. The van der Waals surface area contributed by atoms with Gasteiger partial charge in [-0.2, -0.15) is 4.31 Å². The second kappa shape index (κ2) is 8.39. The highest BCUT2D eigenvalue weighted by Gasteiger charge is 2.32. The van der Waals surface area contributed by atoms with E-state index in [9.17, 15) is 13.2 Å². The summed E-state index contributed by atoms with van der Waals surface area (Å²) < 4.78 is 33.0. The molecule has 0 spiro atoms. The number of benzene rings is 2. The Morgan fingerprint density at radius 1 is 1.11 bits per heavy atom. The van der Waals surface area contributed by atoms with Crippen molar-refractivity contribution in [1.29, 1.82) is 0 Å². The van der Waals surface area contributed by atoms with Gasteiger partial charge < -0.3 is 10.1 Å². The molecule has 150 valence electrons. The molecule has 1 saturated heterocycles. The van der Waals surface area contributed by atoms with Gasteiger partial charge >= 0.3 is 0 Å². The first-order chi connectivity index (χ1) is 13.2.